The molecule has 0 fully saturated rings. The molecule has 0 heterocycles. The first-order valence-electron chi connectivity index (χ1n) is 35.0. The number of rotatable bonds is 12. The van der Waals surface area contributed by atoms with Crippen molar-refractivity contribution in [3.63, 3.8) is 0 Å². The molecule has 144 heavy (non-hydrogen) atoms. The van der Waals surface area contributed by atoms with Crippen LogP contribution >= 0.6 is 678 Å². The molecule has 0 atom stereocenters. The number of hydrogen-bond donors (Lipinski definition) is 18. The zero-order chi connectivity index (χ0) is 112. The Bertz CT molecular complexity index is 6700. The number of halogens is 30. The van der Waals surface area contributed by atoms with E-state index in [0.717, 1.165) is 71.4 Å². The minimum Gasteiger partial charge on any atom is -0.508 e. The highest BCUT2D eigenvalue weighted by molar-refractivity contribution is 14.2. The fourth-order valence-corrected chi connectivity index (χ4v) is 33.7. The summed E-state index contributed by atoms with van der Waals surface area (Å²) >= 11 is 60.5. The van der Waals surface area contributed by atoms with Crippen molar-refractivity contribution in [2.75, 3.05) is 0 Å². The number of carboxylic acid groups (broad SMARTS) is 12. The zero-order valence-corrected chi connectivity index (χ0v) is 133. The molecule has 12 aromatic rings. The van der Waals surface area contributed by atoms with Gasteiger partial charge in [-0.05, 0) is 811 Å². The third kappa shape index (κ3) is 48.9. The highest BCUT2D eigenvalue weighted by Crippen LogP contribution is 2.38. The SMILES string of the molecule is O=C(O)c1c(I)c(O)cc(I)c1I.O=C(O)c1c(I)cc(I)c(I)c1I.O=C(O)c1c(I)cc(I)cc1I.O=C(O)c1c(I)cccc1I.O=C(O)c1c(O)cc(I)c(I)c1I.O=C(O)c1c(O)ccc(I)c1I.O=C(O)c1cc(I)c(O)c(I)c1I.O=C(O)c1cc(O)c(I)c(I)c1I.O=C(O)c1cc(O)cc(I)c1I.O=C(O)c1ccc(I)cc1.O=C(O)c1ccc(I)cc1I.O=C(O)c1cccc(I)c1I. The summed E-state index contributed by atoms with van der Waals surface area (Å²) < 4.78 is 23.3. The van der Waals surface area contributed by atoms with Gasteiger partial charge in [0.15, 0.2) is 0 Å². The van der Waals surface area contributed by atoms with Crippen molar-refractivity contribution < 1.29 is 149 Å². The molecule has 0 aromatic heterocycles. The van der Waals surface area contributed by atoms with Gasteiger partial charge in [0.25, 0.3) is 0 Å². The van der Waals surface area contributed by atoms with Gasteiger partial charge in [0.05, 0.1) is 69.9 Å². The largest absolute Gasteiger partial charge is 0.508 e. The zero-order valence-electron chi connectivity index (χ0n) is 68.1. The number of phenols is 6. The summed E-state index contributed by atoms with van der Waals surface area (Å²) in [6, 6.07) is 39.7. The third-order valence-electron chi connectivity index (χ3n) is 15.1. The molecule has 30 nitrogen and oxygen atoms in total. The van der Waals surface area contributed by atoms with Gasteiger partial charge in [0, 0.05) is 92.8 Å². The van der Waals surface area contributed by atoms with Crippen LogP contribution in [0, 0.1) is 107 Å². The second kappa shape index (κ2) is 73.2. The Kier molecular flexibility index (Phi) is 74.7. The molecule has 0 radical (unpaired) electrons. The van der Waals surface area contributed by atoms with E-state index in [0.29, 0.717) is 69.1 Å². The van der Waals surface area contributed by atoms with Crippen molar-refractivity contribution >= 4 is 749 Å². The lowest BCUT2D eigenvalue weighted by molar-refractivity contribution is 0.0681. The molecule has 18 N–H and O–H groups in total. The first-order chi connectivity index (χ1) is 66.4. The summed E-state index contributed by atoms with van der Waals surface area (Å²) in [5.74, 6) is -11.6. The monoisotopic (exact) mass is 5340 g/mol. The molecule has 0 aliphatic carbocycles. The first kappa shape index (κ1) is 147. The lowest BCUT2D eigenvalue weighted by atomic mass is 10.2. The Labute approximate surface area is 1220 Å². The Morgan fingerprint density at radius 1 is 0.160 bits per heavy atom. The van der Waals surface area contributed by atoms with Crippen LogP contribution in [-0.4, -0.2) is 164 Å². The van der Waals surface area contributed by atoms with E-state index in [2.05, 4.69) is 203 Å². The van der Waals surface area contributed by atoms with Crippen molar-refractivity contribution in [3.05, 3.63) is 319 Å². The molecule has 12 aromatic carbocycles. The van der Waals surface area contributed by atoms with Gasteiger partial charge in [-0.2, -0.15) is 0 Å². The maximum atomic E-state index is 10.9. The Balaban J connectivity index is 0.000000786. The van der Waals surface area contributed by atoms with Gasteiger partial charge in [-0.15, -0.1) is 0 Å². The summed E-state index contributed by atoms with van der Waals surface area (Å²) in [5, 5.41) is 161. The fraction of sp³-hybridized carbons (Fsp3) is 0. The predicted octanol–water partition coefficient (Wildman–Crippen LogP) is 33.0. The molecular formula is C84H42I30O30. The van der Waals surface area contributed by atoms with Crippen LogP contribution in [0.15, 0.2) is 146 Å². The summed E-state index contributed by atoms with van der Waals surface area (Å²) in [4.78, 5) is 128. The number of carbonyl (C=O) groups is 12. The van der Waals surface area contributed by atoms with Crippen molar-refractivity contribution in [1.29, 1.82) is 0 Å². The van der Waals surface area contributed by atoms with Crippen molar-refractivity contribution in [2.45, 2.75) is 0 Å². The smallest absolute Gasteiger partial charge is 0.340 e. The van der Waals surface area contributed by atoms with Crippen LogP contribution in [0.5, 0.6) is 34.5 Å². The van der Waals surface area contributed by atoms with Crippen LogP contribution in [0.1, 0.15) is 124 Å². The van der Waals surface area contributed by atoms with Gasteiger partial charge < -0.3 is 91.9 Å². The second-order valence-corrected chi connectivity index (χ2v) is 58.6. The van der Waals surface area contributed by atoms with Gasteiger partial charge >= 0.3 is 71.6 Å². The van der Waals surface area contributed by atoms with Crippen molar-refractivity contribution in [1.82, 2.24) is 0 Å². The number of aromatic carboxylic acids is 12. The lowest BCUT2D eigenvalue weighted by Gasteiger charge is -2.06. The number of carboxylic acids is 12. The van der Waals surface area contributed by atoms with Crippen LogP contribution in [-0.2, 0) is 0 Å². The minimum atomic E-state index is -1.10. The first-order valence-corrected chi connectivity index (χ1v) is 67.4. The van der Waals surface area contributed by atoms with E-state index < -0.39 is 71.6 Å². The van der Waals surface area contributed by atoms with E-state index in [4.69, 9.17) is 66.4 Å². The molecule has 768 valence electrons. The molecule has 0 saturated heterocycles. The van der Waals surface area contributed by atoms with E-state index >= 15 is 0 Å². The molecule has 0 aliphatic rings. The molecule has 0 aliphatic heterocycles. The highest BCUT2D eigenvalue weighted by Gasteiger charge is 2.25. The molecule has 0 bridgehead atoms. The Hall–Kier alpha value is 4.98. The number of phenolic OH excluding ortho intramolecular Hbond substituents is 4. The number of benzene rings is 12. The molecule has 60 heteroatoms. The quantitative estimate of drug-likeness (QED) is 0.0307. The standard InChI is InChI=1S/C7H2I4O2.4C7H3I3O3.C7H3I3O2.2C7H4I2O3.3C7H4I2O2.C7H5IO2/c8-2-1-3(9)5(10)6(11)4(2)7(12)13;8-2-1-3(11)6(10)4(5(2)9)7(12)13;8-2-1-3(11)4(7(12)13)6(10)5(2)9;8-3-1-2(7(12)13)4(9)5(10)6(3)11;8-4-2(7(12)13)1-3(11)5(9)6(4)10;8-3-1-4(9)6(7(11)12)5(10)2-3;8-5-2-3(10)1-4(6(5)9)7(11)12;8-3-1-2-4(10)5(6(3)9)7(11)12;8-4-1-2-5(7(10)11)6(9)3-4;8-4-2-1-3-5(9)6(4)7(10)11;8-5-3-1-2-4(6(5)9)7(10)11;8-6-3-1-5(2-4-6)7(9)10/h1H,(H,12,13);4*1,11H,(H,12,13);1-2H,(H,11,12);2*1-2,10H,(H,11,12);3*1-3H,(H,10,11);1-4H,(H,9,10). The normalized spacial score (nSPS) is 9.88. The van der Waals surface area contributed by atoms with E-state index in [1.165, 1.54) is 36.4 Å². The summed E-state index contributed by atoms with van der Waals surface area (Å²) in [6.07, 6.45) is 0. The molecule has 0 unspecified atom stereocenters. The van der Waals surface area contributed by atoms with Crippen LogP contribution in [0.25, 0.3) is 0 Å². The molecular weight excluding hydrogens is 5300 g/mol. The fourth-order valence-electron chi connectivity index (χ4n) is 8.66. The number of hydrogen-bond acceptors (Lipinski definition) is 18. The molecule has 12 rings (SSSR count). The van der Waals surface area contributed by atoms with Crippen LogP contribution in [0.3, 0.4) is 0 Å². The molecule has 0 amide bonds. The van der Waals surface area contributed by atoms with Gasteiger partial charge in [-0.3, -0.25) is 0 Å². The van der Waals surface area contributed by atoms with Crippen LogP contribution < -0.4 is 0 Å². The van der Waals surface area contributed by atoms with Crippen LogP contribution in [0.2, 0.25) is 0 Å². The minimum absolute atomic E-state index is 0.0165. The van der Waals surface area contributed by atoms with Crippen molar-refractivity contribution in [2.24, 2.45) is 0 Å². The maximum absolute atomic E-state index is 10.9. The van der Waals surface area contributed by atoms with Gasteiger partial charge in [-0.1, -0.05) is 12.1 Å². The topological polar surface area (TPSA) is 569 Å². The van der Waals surface area contributed by atoms with Gasteiger partial charge in [0.1, 0.15) is 45.6 Å². The van der Waals surface area contributed by atoms with E-state index in [9.17, 15) is 83.1 Å². The molecule has 0 saturated carbocycles. The Morgan fingerprint density at radius 3 is 0.924 bits per heavy atom. The summed E-state index contributed by atoms with van der Waals surface area (Å²) in [6.45, 7) is 0. The van der Waals surface area contributed by atoms with Crippen molar-refractivity contribution in [3.8, 4) is 34.5 Å². The van der Waals surface area contributed by atoms with Crippen LogP contribution in [0.4, 0.5) is 0 Å². The Morgan fingerprint density at radius 2 is 0.500 bits per heavy atom. The predicted molar refractivity (Wildman–Crippen MR) is 792 cm³/mol. The second-order valence-electron chi connectivity index (χ2n) is 24.7. The summed E-state index contributed by atoms with van der Waals surface area (Å²) in [7, 11) is 0. The highest BCUT2D eigenvalue weighted by atomic mass is 127. The van der Waals surface area contributed by atoms with E-state index in [1.54, 1.807) is 72.8 Å². The third-order valence-corrected chi connectivity index (χ3v) is 55.3. The summed E-state index contributed by atoms with van der Waals surface area (Å²) in [5.41, 5.74) is 2.91. The van der Waals surface area contributed by atoms with Gasteiger partial charge in [-0.25, -0.2) is 57.5 Å². The lowest BCUT2D eigenvalue weighted by Crippen LogP contribution is -2.05. The van der Waals surface area contributed by atoms with E-state index in [-0.39, 0.29) is 67.9 Å². The van der Waals surface area contributed by atoms with Gasteiger partial charge in [0.2, 0.25) is 0 Å². The maximum Gasteiger partial charge on any atom is 0.340 e. The molecule has 0 spiro atoms. The average Bonchev–Trinajstić information content (AvgIpc) is 0.823. The number of aromatic hydroxyl groups is 6. The average molecular weight is 5340 g/mol. The van der Waals surface area contributed by atoms with E-state index in [1.807, 2.05) is 511 Å².